The zero-order chi connectivity index (χ0) is 22.8. The van der Waals surface area contributed by atoms with Gasteiger partial charge in [-0.3, -0.25) is 4.79 Å². The fourth-order valence-electron chi connectivity index (χ4n) is 2.46. The van der Waals surface area contributed by atoms with Crippen LogP contribution in [0.5, 0.6) is 5.75 Å². The Morgan fingerprint density at radius 3 is 2.42 bits per heavy atom. The summed E-state index contributed by atoms with van der Waals surface area (Å²) in [6.45, 7) is 3.80. The van der Waals surface area contributed by atoms with E-state index >= 15 is 0 Å². The summed E-state index contributed by atoms with van der Waals surface area (Å²) in [7, 11) is 1.59. The Morgan fingerprint density at radius 2 is 1.74 bits per heavy atom. The number of anilines is 1. The van der Waals surface area contributed by atoms with Gasteiger partial charge in [-0.1, -0.05) is 23.7 Å². The number of nitrogens with one attached hydrogen (secondary N) is 2. The molecule has 166 valence electrons. The summed E-state index contributed by atoms with van der Waals surface area (Å²) < 4.78 is 10.7. The van der Waals surface area contributed by atoms with Crippen molar-refractivity contribution in [2.45, 2.75) is 19.9 Å². The first-order valence-electron chi connectivity index (χ1n) is 9.72. The Bertz CT molecular complexity index is 902. The first kappa shape index (κ1) is 24.0. The van der Waals surface area contributed by atoms with E-state index in [1.54, 1.807) is 49.5 Å². The van der Waals surface area contributed by atoms with E-state index in [4.69, 9.17) is 21.1 Å². The molecule has 0 aliphatic carbocycles. The molecule has 8 nitrogen and oxygen atoms in total. The van der Waals surface area contributed by atoms with Gasteiger partial charge in [-0.25, -0.2) is 9.59 Å². The van der Waals surface area contributed by atoms with Gasteiger partial charge < -0.3 is 25.0 Å². The zero-order valence-corrected chi connectivity index (χ0v) is 18.4. The monoisotopic (exact) mass is 447 g/mol. The average Bonchev–Trinajstić information content (AvgIpc) is 2.72. The summed E-state index contributed by atoms with van der Waals surface area (Å²) in [5.41, 5.74) is 0.450. The number of nitrogens with zero attached hydrogens (tertiary/aromatic N) is 1. The van der Waals surface area contributed by atoms with Gasteiger partial charge in [0.1, 0.15) is 12.4 Å². The highest BCUT2D eigenvalue weighted by Gasteiger charge is 2.17. The fourth-order valence-corrected chi connectivity index (χ4v) is 2.59. The Hall–Kier alpha value is -3.26. The van der Waals surface area contributed by atoms with Crippen molar-refractivity contribution in [2.24, 2.45) is 0 Å². The van der Waals surface area contributed by atoms with E-state index < -0.39 is 18.6 Å². The maximum absolute atomic E-state index is 12.4. The molecule has 0 aromatic heterocycles. The Morgan fingerprint density at radius 1 is 1.06 bits per heavy atom. The molecule has 0 heterocycles. The second kappa shape index (κ2) is 11.8. The van der Waals surface area contributed by atoms with Crippen molar-refractivity contribution in [3.05, 3.63) is 59.1 Å². The minimum atomic E-state index is -0.709. The number of para-hydroxylation sites is 1. The van der Waals surface area contributed by atoms with Crippen molar-refractivity contribution >= 4 is 35.2 Å². The third kappa shape index (κ3) is 8.18. The number of ether oxygens (including phenoxy) is 2. The number of halogens is 1. The Balaban J connectivity index is 1.82. The highest BCUT2D eigenvalue weighted by Crippen LogP contribution is 2.17. The van der Waals surface area contributed by atoms with Gasteiger partial charge >= 0.3 is 12.0 Å². The number of urea groups is 1. The van der Waals surface area contributed by atoms with Gasteiger partial charge in [-0.05, 0) is 50.2 Å². The van der Waals surface area contributed by atoms with E-state index in [-0.39, 0.29) is 24.1 Å². The highest BCUT2D eigenvalue weighted by atomic mass is 35.5. The van der Waals surface area contributed by atoms with Gasteiger partial charge in [0.15, 0.2) is 6.61 Å². The van der Waals surface area contributed by atoms with Crippen molar-refractivity contribution in [2.75, 3.05) is 32.1 Å². The lowest BCUT2D eigenvalue weighted by molar-refractivity contribution is -0.133. The molecule has 0 bridgehead atoms. The summed E-state index contributed by atoms with van der Waals surface area (Å²) in [4.78, 5) is 38.0. The van der Waals surface area contributed by atoms with Crippen LogP contribution in [0.15, 0.2) is 48.5 Å². The number of rotatable bonds is 9. The quantitative estimate of drug-likeness (QED) is 0.573. The normalized spacial score (nSPS) is 10.4. The summed E-state index contributed by atoms with van der Waals surface area (Å²) >= 11 is 5.82. The first-order valence-corrected chi connectivity index (χ1v) is 10.1. The van der Waals surface area contributed by atoms with Gasteiger partial charge in [-0.2, -0.15) is 0 Å². The molecule has 3 amide bonds. The predicted octanol–water partition coefficient (Wildman–Crippen LogP) is 3.56. The molecule has 0 radical (unpaired) electrons. The molecule has 0 unspecified atom stereocenters. The molecule has 0 fully saturated rings. The lowest BCUT2D eigenvalue weighted by atomic mass is 10.2. The maximum atomic E-state index is 12.4. The molecule has 31 heavy (non-hydrogen) atoms. The van der Waals surface area contributed by atoms with Crippen molar-refractivity contribution in [3.63, 3.8) is 0 Å². The van der Waals surface area contributed by atoms with Crippen LogP contribution in [0.2, 0.25) is 5.02 Å². The summed E-state index contributed by atoms with van der Waals surface area (Å²) in [5, 5.41) is 5.89. The molecule has 0 aliphatic rings. The maximum Gasteiger partial charge on any atom is 0.340 e. The SMILES string of the molecule is CC(C)NC(=O)Nc1ccccc1C(=O)OCC(=O)N(C)CCOc1ccc(Cl)cc1. The number of carbonyl (C=O) groups excluding carboxylic acids is 3. The van der Waals surface area contributed by atoms with Gasteiger partial charge in [0, 0.05) is 18.1 Å². The van der Waals surface area contributed by atoms with E-state index in [1.165, 1.54) is 11.0 Å². The van der Waals surface area contributed by atoms with Crippen LogP contribution in [0.1, 0.15) is 24.2 Å². The van der Waals surface area contributed by atoms with Gasteiger partial charge in [0.2, 0.25) is 0 Å². The first-order chi connectivity index (χ1) is 14.8. The molecule has 0 atom stereocenters. The number of esters is 1. The van der Waals surface area contributed by atoms with Crippen molar-refractivity contribution in [1.29, 1.82) is 0 Å². The van der Waals surface area contributed by atoms with Crippen LogP contribution < -0.4 is 15.4 Å². The molecule has 2 aromatic rings. The van der Waals surface area contributed by atoms with Gasteiger partial charge in [0.05, 0.1) is 17.8 Å². The molecule has 0 aliphatic heterocycles. The summed E-state index contributed by atoms with van der Waals surface area (Å²) in [5.74, 6) is -0.446. The number of hydrogen-bond acceptors (Lipinski definition) is 5. The van der Waals surface area contributed by atoms with E-state index in [1.807, 2.05) is 13.8 Å². The van der Waals surface area contributed by atoms with Crippen LogP contribution in [0.25, 0.3) is 0 Å². The summed E-state index contributed by atoms with van der Waals surface area (Å²) in [6, 6.07) is 12.8. The lowest BCUT2D eigenvalue weighted by Crippen LogP contribution is -2.35. The van der Waals surface area contributed by atoms with Crippen LogP contribution in [0.3, 0.4) is 0 Å². The van der Waals surface area contributed by atoms with Crippen LogP contribution >= 0.6 is 11.6 Å². The number of hydrogen-bond donors (Lipinski definition) is 2. The molecular weight excluding hydrogens is 422 g/mol. The zero-order valence-electron chi connectivity index (χ0n) is 17.7. The third-order valence-corrected chi connectivity index (χ3v) is 4.33. The molecule has 0 saturated heterocycles. The molecule has 2 N–H and O–H groups in total. The molecule has 9 heteroatoms. The molecule has 0 spiro atoms. The number of amides is 3. The van der Waals surface area contributed by atoms with Gasteiger partial charge in [-0.15, -0.1) is 0 Å². The fraction of sp³-hybridized carbons (Fsp3) is 0.318. The Labute approximate surface area is 186 Å². The van der Waals surface area contributed by atoms with E-state index in [0.717, 1.165) is 0 Å². The second-order valence-corrected chi connectivity index (χ2v) is 7.43. The van der Waals surface area contributed by atoms with Crippen molar-refractivity contribution < 1.29 is 23.9 Å². The second-order valence-electron chi connectivity index (χ2n) is 6.99. The number of benzene rings is 2. The van der Waals surface area contributed by atoms with Crippen LogP contribution in [0, 0.1) is 0 Å². The van der Waals surface area contributed by atoms with E-state index in [0.29, 0.717) is 23.0 Å². The average molecular weight is 448 g/mol. The molecular formula is C22H26ClN3O5. The van der Waals surface area contributed by atoms with Crippen molar-refractivity contribution in [3.8, 4) is 5.75 Å². The molecule has 0 saturated carbocycles. The smallest absolute Gasteiger partial charge is 0.340 e. The summed E-state index contributed by atoms with van der Waals surface area (Å²) in [6.07, 6.45) is 0. The minimum absolute atomic E-state index is 0.0593. The van der Waals surface area contributed by atoms with E-state index in [2.05, 4.69) is 10.6 Å². The van der Waals surface area contributed by atoms with Crippen LogP contribution in [-0.4, -0.2) is 55.7 Å². The van der Waals surface area contributed by atoms with Crippen LogP contribution in [-0.2, 0) is 9.53 Å². The molecule has 2 rings (SSSR count). The Kier molecular flexibility index (Phi) is 9.14. The number of carbonyl (C=O) groups is 3. The number of likely N-dealkylation sites (N-methyl/N-ethyl adjacent to an activating group) is 1. The minimum Gasteiger partial charge on any atom is -0.492 e. The topological polar surface area (TPSA) is 97.0 Å². The largest absolute Gasteiger partial charge is 0.492 e. The van der Waals surface area contributed by atoms with Crippen molar-refractivity contribution in [1.82, 2.24) is 10.2 Å². The molecule has 2 aromatic carbocycles. The van der Waals surface area contributed by atoms with Crippen LogP contribution in [0.4, 0.5) is 10.5 Å². The van der Waals surface area contributed by atoms with E-state index in [9.17, 15) is 14.4 Å². The predicted molar refractivity (Wildman–Crippen MR) is 119 cm³/mol. The van der Waals surface area contributed by atoms with Gasteiger partial charge in [0.25, 0.3) is 5.91 Å². The highest BCUT2D eigenvalue weighted by molar-refractivity contribution is 6.30. The third-order valence-electron chi connectivity index (χ3n) is 4.08. The lowest BCUT2D eigenvalue weighted by Gasteiger charge is -2.18. The standard InChI is InChI=1S/C22H26ClN3O5/c1-15(2)24-22(29)25-19-7-5-4-6-18(19)21(28)31-14-20(27)26(3)12-13-30-17-10-8-16(23)9-11-17/h4-11,15H,12-14H2,1-3H3,(H2,24,25,29).